The SMILES string of the molecule is Cc1ccc(C)c(CSc2nc3ccccc3c(=O)n2CCCn2cc(Cl)c(C)n2)c1. The Bertz CT molecular complexity index is 1280. The minimum absolute atomic E-state index is 0.00347. The van der Waals surface area contributed by atoms with E-state index in [2.05, 4.69) is 37.1 Å². The van der Waals surface area contributed by atoms with Gasteiger partial charge >= 0.3 is 0 Å². The first-order valence-electron chi connectivity index (χ1n) is 10.3. The molecule has 0 fully saturated rings. The normalized spacial score (nSPS) is 11.4. The maximum Gasteiger partial charge on any atom is 0.262 e. The highest BCUT2D eigenvalue weighted by Crippen LogP contribution is 2.25. The van der Waals surface area contributed by atoms with Crippen molar-refractivity contribution in [1.82, 2.24) is 19.3 Å². The number of nitrogens with zero attached hydrogens (tertiary/aromatic N) is 4. The van der Waals surface area contributed by atoms with Crippen molar-refractivity contribution in [2.75, 3.05) is 0 Å². The Kier molecular flexibility index (Phi) is 6.49. The molecule has 5 nitrogen and oxygen atoms in total. The molecule has 0 bridgehead atoms. The Balaban J connectivity index is 1.61. The summed E-state index contributed by atoms with van der Waals surface area (Å²) in [6.45, 7) is 7.36. The van der Waals surface area contributed by atoms with E-state index in [4.69, 9.17) is 16.6 Å². The van der Waals surface area contributed by atoms with E-state index in [1.807, 2.05) is 42.1 Å². The number of halogens is 1. The third-order valence-electron chi connectivity index (χ3n) is 5.34. The van der Waals surface area contributed by atoms with Gasteiger partial charge in [0.2, 0.25) is 0 Å². The van der Waals surface area contributed by atoms with Crippen LogP contribution < -0.4 is 5.56 Å². The first kappa shape index (κ1) is 21.7. The van der Waals surface area contributed by atoms with Gasteiger partial charge in [-0.25, -0.2) is 4.98 Å². The third-order valence-corrected chi connectivity index (χ3v) is 6.74. The number of fused-ring (bicyclic) bond motifs is 1. The minimum atomic E-state index is 0.00347. The molecule has 4 rings (SSSR count). The lowest BCUT2D eigenvalue weighted by Gasteiger charge is -2.14. The lowest BCUT2D eigenvalue weighted by Crippen LogP contribution is -2.24. The van der Waals surface area contributed by atoms with Crippen molar-refractivity contribution in [3.63, 3.8) is 0 Å². The molecule has 0 atom stereocenters. The molecular weight excluding hydrogens is 428 g/mol. The molecule has 31 heavy (non-hydrogen) atoms. The maximum absolute atomic E-state index is 13.2. The molecule has 0 aliphatic carbocycles. The van der Waals surface area contributed by atoms with Crippen LogP contribution in [0.15, 0.2) is 58.6 Å². The molecule has 2 aromatic heterocycles. The highest BCUT2D eigenvalue weighted by atomic mass is 35.5. The van der Waals surface area contributed by atoms with Crippen molar-refractivity contribution in [1.29, 1.82) is 0 Å². The van der Waals surface area contributed by atoms with Gasteiger partial charge in [0.25, 0.3) is 5.56 Å². The monoisotopic (exact) mass is 452 g/mol. The molecule has 0 radical (unpaired) electrons. The molecule has 0 amide bonds. The first-order valence-corrected chi connectivity index (χ1v) is 11.7. The summed E-state index contributed by atoms with van der Waals surface area (Å²) in [5.74, 6) is 0.770. The van der Waals surface area contributed by atoms with E-state index in [9.17, 15) is 4.79 Å². The number of para-hydroxylation sites is 1. The zero-order chi connectivity index (χ0) is 22.0. The second-order valence-corrected chi connectivity index (χ2v) is 9.12. The van der Waals surface area contributed by atoms with Crippen molar-refractivity contribution in [2.24, 2.45) is 0 Å². The molecule has 0 saturated carbocycles. The highest BCUT2D eigenvalue weighted by molar-refractivity contribution is 7.98. The molecule has 7 heteroatoms. The molecule has 0 aliphatic heterocycles. The number of aromatic nitrogens is 4. The van der Waals surface area contributed by atoms with Crippen molar-refractivity contribution in [3.05, 3.63) is 86.4 Å². The molecular formula is C24H25ClN4OS. The summed E-state index contributed by atoms with van der Waals surface area (Å²) < 4.78 is 3.64. The zero-order valence-corrected chi connectivity index (χ0v) is 19.5. The van der Waals surface area contributed by atoms with E-state index < -0.39 is 0 Å². The Morgan fingerprint density at radius 1 is 1.06 bits per heavy atom. The lowest BCUT2D eigenvalue weighted by atomic mass is 10.1. The molecule has 0 N–H and O–H groups in total. The predicted octanol–water partition coefficient (Wildman–Crippen LogP) is 5.55. The Morgan fingerprint density at radius 2 is 1.87 bits per heavy atom. The van der Waals surface area contributed by atoms with E-state index in [0.717, 1.165) is 28.5 Å². The van der Waals surface area contributed by atoms with Crippen LogP contribution in [0.3, 0.4) is 0 Å². The third kappa shape index (κ3) is 4.86. The quantitative estimate of drug-likeness (QED) is 0.272. The molecule has 2 aromatic carbocycles. The summed E-state index contributed by atoms with van der Waals surface area (Å²) in [7, 11) is 0. The Labute approximate surface area is 191 Å². The number of thioether (sulfide) groups is 1. The second-order valence-electron chi connectivity index (χ2n) is 7.77. The summed E-state index contributed by atoms with van der Waals surface area (Å²) in [5, 5.41) is 6.47. The van der Waals surface area contributed by atoms with Gasteiger partial charge in [-0.15, -0.1) is 0 Å². The number of benzene rings is 2. The fourth-order valence-corrected chi connectivity index (χ4v) is 4.79. The summed E-state index contributed by atoms with van der Waals surface area (Å²) in [6, 6.07) is 14.0. The zero-order valence-electron chi connectivity index (χ0n) is 17.9. The van der Waals surface area contributed by atoms with Gasteiger partial charge < -0.3 is 0 Å². The summed E-state index contributed by atoms with van der Waals surface area (Å²) in [4.78, 5) is 18.1. The van der Waals surface area contributed by atoms with Crippen LogP contribution in [0.25, 0.3) is 10.9 Å². The van der Waals surface area contributed by atoms with Gasteiger partial charge in [-0.1, -0.05) is 59.3 Å². The number of rotatable bonds is 7. The summed E-state index contributed by atoms with van der Waals surface area (Å²) in [5.41, 5.74) is 5.30. The summed E-state index contributed by atoms with van der Waals surface area (Å²) >= 11 is 7.73. The van der Waals surface area contributed by atoms with Gasteiger partial charge in [-0.05, 0) is 50.5 Å². The standard InChI is InChI=1S/C24H25ClN4OS/c1-16-9-10-17(2)19(13-16)15-31-24-26-22-8-5-4-7-20(22)23(30)29(24)12-6-11-28-14-21(25)18(3)27-28/h4-5,7-10,13-14H,6,11-12,15H2,1-3H3. The molecule has 0 saturated heterocycles. The fraction of sp³-hybridized carbons (Fsp3) is 0.292. The molecule has 2 heterocycles. The Morgan fingerprint density at radius 3 is 2.65 bits per heavy atom. The highest BCUT2D eigenvalue weighted by Gasteiger charge is 2.13. The maximum atomic E-state index is 13.2. The average Bonchev–Trinajstić information content (AvgIpc) is 3.07. The van der Waals surface area contributed by atoms with Gasteiger partial charge in [-0.2, -0.15) is 5.10 Å². The van der Waals surface area contributed by atoms with Crippen molar-refractivity contribution in [2.45, 2.75) is 51.2 Å². The van der Waals surface area contributed by atoms with Gasteiger partial charge in [-0.3, -0.25) is 14.0 Å². The summed E-state index contributed by atoms with van der Waals surface area (Å²) in [6.07, 6.45) is 2.59. The molecule has 0 aliphatic rings. The Hall–Kier alpha value is -2.57. The second kappa shape index (κ2) is 9.28. The minimum Gasteiger partial charge on any atom is -0.287 e. The smallest absolute Gasteiger partial charge is 0.262 e. The molecule has 0 spiro atoms. The van der Waals surface area contributed by atoms with Crippen molar-refractivity contribution < 1.29 is 0 Å². The van der Waals surface area contributed by atoms with Crippen LogP contribution in [-0.4, -0.2) is 19.3 Å². The number of aryl methyl sites for hydroxylation is 4. The van der Waals surface area contributed by atoms with Crippen molar-refractivity contribution >= 4 is 34.3 Å². The van der Waals surface area contributed by atoms with Crippen LogP contribution in [0.2, 0.25) is 5.02 Å². The van der Waals surface area contributed by atoms with Crippen LogP contribution in [0, 0.1) is 20.8 Å². The van der Waals surface area contributed by atoms with Crippen LogP contribution in [0.5, 0.6) is 0 Å². The molecule has 160 valence electrons. The van der Waals surface area contributed by atoms with Crippen LogP contribution in [0.4, 0.5) is 0 Å². The van der Waals surface area contributed by atoms with E-state index in [0.29, 0.717) is 23.5 Å². The van der Waals surface area contributed by atoms with E-state index in [1.165, 1.54) is 16.7 Å². The average molecular weight is 453 g/mol. The largest absolute Gasteiger partial charge is 0.287 e. The predicted molar refractivity (Wildman–Crippen MR) is 128 cm³/mol. The van der Waals surface area contributed by atoms with E-state index >= 15 is 0 Å². The van der Waals surface area contributed by atoms with E-state index in [-0.39, 0.29) is 5.56 Å². The van der Waals surface area contributed by atoms with Gasteiger partial charge in [0.05, 0.1) is 21.6 Å². The van der Waals surface area contributed by atoms with Crippen LogP contribution >= 0.6 is 23.4 Å². The molecule has 4 aromatic rings. The number of hydrogen-bond acceptors (Lipinski definition) is 4. The molecule has 0 unspecified atom stereocenters. The van der Waals surface area contributed by atoms with Gasteiger partial charge in [0.15, 0.2) is 5.16 Å². The number of hydrogen-bond donors (Lipinski definition) is 0. The fourth-order valence-electron chi connectivity index (χ4n) is 3.55. The van der Waals surface area contributed by atoms with Gasteiger partial charge in [0, 0.05) is 25.0 Å². The topological polar surface area (TPSA) is 52.7 Å². The first-order chi connectivity index (χ1) is 14.9. The van der Waals surface area contributed by atoms with E-state index in [1.54, 1.807) is 16.3 Å². The van der Waals surface area contributed by atoms with Crippen LogP contribution in [-0.2, 0) is 18.8 Å². The van der Waals surface area contributed by atoms with Crippen LogP contribution in [0.1, 0.15) is 28.8 Å². The van der Waals surface area contributed by atoms with Crippen molar-refractivity contribution in [3.8, 4) is 0 Å². The van der Waals surface area contributed by atoms with Gasteiger partial charge in [0.1, 0.15) is 0 Å². The lowest BCUT2D eigenvalue weighted by molar-refractivity contribution is 0.493.